The highest BCUT2D eigenvalue weighted by atomic mass is 32.2. The van der Waals surface area contributed by atoms with Crippen molar-refractivity contribution in [2.45, 2.75) is 30.8 Å². The number of nitrogens with two attached hydrogens (primary N) is 1. The maximum atomic E-state index is 12.7. The van der Waals surface area contributed by atoms with Crippen molar-refractivity contribution in [3.05, 3.63) is 29.8 Å². The fourth-order valence-electron chi connectivity index (χ4n) is 2.43. The van der Waals surface area contributed by atoms with E-state index in [2.05, 4.69) is 0 Å². The van der Waals surface area contributed by atoms with E-state index in [1.54, 1.807) is 32.0 Å². The van der Waals surface area contributed by atoms with Crippen molar-refractivity contribution in [3.63, 3.8) is 0 Å². The molecule has 2 unspecified atom stereocenters. The van der Waals surface area contributed by atoms with Gasteiger partial charge in [0.2, 0.25) is 10.0 Å². The number of nitrogens with zero attached hydrogens (tertiary/aromatic N) is 1. The van der Waals surface area contributed by atoms with Crippen LogP contribution in [0.4, 0.5) is 0 Å². The van der Waals surface area contributed by atoms with E-state index in [0.717, 1.165) is 5.56 Å². The van der Waals surface area contributed by atoms with Gasteiger partial charge in [-0.2, -0.15) is 4.31 Å². The van der Waals surface area contributed by atoms with Crippen molar-refractivity contribution in [3.8, 4) is 0 Å². The lowest BCUT2D eigenvalue weighted by atomic mass is 10.1. The standard InChI is InChI=1S/C13H20N2O4S2/c1-10-9-20(16,17)7-6-15(10)21(18,19)13-5-3-4-12(8-13)11(2)14/h3-5,8,10-11H,6-7,9,14H2,1-2H3. The molecule has 1 aromatic rings. The molecule has 0 spiro atoms. The van der Waals surface area contributed by atoms with Gasteiger partial charge in [0.15, 0.2) is 9.84 Å². The maximum absolute atomic E-state index is 12.7. The lowest BCUT2D eigenvalue weighted by Gasteiger charge is -2.32. The second-order valence-electron chi connectivity index (χ2n) is 5.44. The predicted molar refractivity (Wildman–Crippen MR) is 81.1 cm³/mol. The van der Waals surface area contributed by atoms with Gasteiger partial charge in [0.05, 0.1) is 16.4 Å². The van der Waals surface area contributed by atoms with Crippen LogP contribution in [0.25, 0.3) is 0 Å². The molecule has 0 aliphatic carbocycles. The summed E-state index contributed by atoms with van der Waals surface area (Å²) in [4.78, 5) is 0.156. The zero-order valence-corrected chi connectivity index (χ0v) is 13.7. The Morgan fingerprint density at radius 1 is 1.38 bits per heavy atom. The van der Waals surface area contributed by atoms with Gasteiger partial charge in [-0.1, -0.05) is 12.1 Å². The summed E-state index contributed by atoms with van der Waals surface area (Å²) in [6, 6.07) is 5.66. The summed E-state index contributed by atoms with van der Waals surface area (Å²) in [5.41, 5.74) is 6.51. The van der Waals surface area contributed by atoms with E-state index < -0.39 is 25.9 Å². The van der Waals surface area contributed by atoms with Crippen LogP contribution in [0, 0.1) is 0 Å². The Hall–Kier alpha value is -0.960. The summed E-state index contributed by atoms with van der Waals surface area (Å²) >= 11 is 0. The van der Waals surface area contributed by atoms with Crippen LogP contribution in [0.5, 0.6) is 0 Å². The smallest absolute Gasteiger partial charge is 0.243 e. The molecule has 1 saturated heterocycles. The molecule has 6 nitrogen and oxygen atoms in total. The van der Waals surface area contributed by atoms with Crippen LogP contribution < -0.4 is 5.73 Å². The van der Waals surface area contributed by atoms with E-state index in [1.807, 2.05) is 0 Å². The number of hydrogen-bond donors (Lipinski definition) is 1. The van der Waals surface area contributed by atoms with Crippen LogP contribution >= 0.6 is 0 Å². The van der Waals surface area contributed by atoms with E-state index in [-0.39, 0.29) is 29.0 Å². The van der Waals surface area contributed by atoms with E-state index in [9.17, 15) is 16.8 Å². The third-order valence-electron chi connectivity index (χ3n) is 3.60. The van der Waals surface area contributed by atoms with Crippen molar-refractivity contribution < 1.29 is 16.8 Å². The van der Waals surface area contributed by atoms with Gasteiger partial charge in [-0.25, -0.2) is 16.8 Å². The zero-order valence-electron chi connectivity index (χ0n) is 12.1. The molecular formula is C13H20N2O4S2. The normalized spacial score (nSPS) is 24.6. The average molecular weight is 332 g/mol. The van der Waals surface area contributed by atoms with Crippen molar-refractivity contribution in [1.29, 1.82) is 0 Å². The molecule has 0 saturated carbocycles. The summed E-state index contributed by atoms with van der Waals surface area (Å²) in [7, 11) is -6.86. The first-order valence-electron chi connectivity index (χ1n) is 6.71. The average Bonchev–Trinajstić information content (AvgIpc) is 2.37. The van der Waals surface area contributed by atoms with Gasteiger partial charge in [0, 0.05) is 18.6 Å². The molecule has 0 radical (unpaired) electrons. The largest absolute Gasteiger partial charge is 0.324 e. The second kappa shape index (κ2) is 5.68. The highest BCUT2D eigenvalue weighted by molar-refractivity contribution is 7.92. The van der Waals surface area contributed by atoms with Gasteiger partial charge in [0.25, 0.3) is 0 Å². The van der Waals surface area contributed by atoms with Gasteiger partial charge in [-0.05, 0) is 31.5 Å². The van der Waals surface area contributed by atoms with Crippen molar-refractivity contribution in [2.24, 2.45) is 5.73 Å². The molecule has 1 aromatic carbocycles. The maximum Gasteiger partial charge on any atom is 0.243 e. The molecule has 1 fully saturated rings. The molecular weight excluding hydrogens is 312 g/mol. The highest BCUT2D eigenvalue weighted by Gasteiger charge is 2.36. The molecule has 2 rings (SSSR count). The molecule has 1 aliphatic heterocycles. The number of rotatable bonds is 3. The minimum atomic E-state index is -3.70. The Morgan fingerprint density at radius 3 is 2.62 bits per heavy atom. The summed E-state index contributed by atoms with van der Waals surface area (Å²) in [5.74, 6) is -0.275. The molecule has 8 heteroatoms. The number of hydrogen-bond acceptors (Lipinski definition) is 5. The SMILES string of the molecule is CC(N)c1cccc(S(=O)(=O)N2CCS(=O)(=O)CC2C)c1. The third-order valence-corrected chi connectivity index (χ3v) is 7.40. The Kier molecular flexibility index (Phi) is 4.44. The van der Waals surface area contributed by atoms with Crippen molar-refractivity contribution >= 4 is 19.9 Å². The summed E-state index contributed by atoms with van der Waals surface area (Å²) in [6.45, 7) is 3.39. The molecule has 118 valence electrons. The first-order valence-corrected chi connectivity index (χ1v) is 9.97. The van der Waals surface area contributed by atoms with Crippen LogP contribution in [0.1, 0.15) is 25.5 Å². The molecule has 0 aromatic heterocycles. The minimum Gasteiger partial charge on any atom is -0.324 e. The van der Waals surface area contributed by atoms with E-state index in [0.29, 0.717) is 0 Å². The first kappa shape index (κ1) is 16.4. The summed E-state index contributed by atoms with van der Waals surface area (Å²) < 4.78 is 49.8. The van der Waals surface area contributed by atoms with Gasteiger partial charge < -0.3 is 5.73 Å². The predicted octanol–water partition coefficient (Wildman–Crippen LogP) is 0.514. The molecule has 2 atom stereocenters. The highest BCUT2D eigenvalue weighted by Crippen LogP contribution is 2.24. The van der Waals surface area contributed by atoms with Crippen LogP contribution in [-0.4, -0.2) is 45.2 Å². The summed E-state index contributed by atoms with van der Waals surface area (Å²) in [6.07, 6.45) is 0. The fourth-order valence-corrected chi connectivity index (χ4v) is 5.89. The van der Waals surface area contributed by atoms with Gasteiger partial charge in [-0.15, -0.1) is 0 Å². The third kappa shape index (κ3) is 3.45. The van der Waals surface area contributed by atoms with E-state index in [1.165, 1.54) is 10.4 Å². The van der Waals surface area contributed by atoms with E-state index >= 15 is 0 Å². The Bertz CT molecular complexity index is 726. The number of sulfonamides is 1. The number of sulfone groups is 1. The molecule has 1 aliphatic rings. The van der Waals surface area contributed by atoms with Gasteiger partial charge in [0.1, 0.15) is 0 Å². The fraction of sp³-hybridized carbons (Fsp3) is 0.538. The van der Waals surface area contributed by atoms with Gasteiger partial charge in [-0.3, -0.25) is 0 Å². The zero-order chi connectivity index (χ0) is 15.8. The van der Waals surface area contributed by atoms with Gasteiger partial charge >= 0.3 is 0 Å². The van der Waals surface area contributed by atoms with E-state index in [4.69, 9.17) is 5.73 Å². The first-order chi connectivity index (χ1) is 9.63. The van der Waals surface area contributed by atoms with Crippen molar-refractivity contribution in [1.82, 2.24) is 4.31 Å². The molecule has 2 N–H and O–H groups in total. The molecule has 0 amide bonds. The van der Waals surface area contributed by atoms with Crippen molar-refractivity contribution in [2.75, 3.05) is 18.1 Å². The lowest BCUT2D eigenvalue weighted by Crippen LogP contribution is -2.49. The van der Waals surface area contributed by atoms with Crippen LogP contribution in [-0.2, 0) is 19.9 Å². The monoisotopic (exact) mass is 332 g/mol. The number of benzene rings is 1. The molecule has 1 heterocycles. The molecule has 0 bridgehead atoms. The molecule has 21 heavy (non-hydrogen) atoms. The second-order valence-corrected chi connectivity index (χ2v) is 9.56. The van der Waals surface area contributed by atoms with Crippen LogP contribution in [0.3, 0.4) is 0 Å². The lowest BCUT2D eigenvalue weighted by molar-refractivity contribution is 0.357. The topological polar surface area (TPSA) is 97.5 Å². The Balaban J connectivity index is 2.36. The van der Waals surface area contributed by atoms with Crippen LogP contribution in [0.2, 0.25) is 0 Å². The summed E-state index contributed by atoms with van der Waals surface area (Å²) in [5, 5.41) is 0. The quantitative estimate of drug-likeness (QED) is 0.870. The van der Waals surface area contributed by atoms with Crippen LogP contribution in [0.15, 0.2) is 29.2 Å². The Labute approximate surface area is 125 Å². The Morgan fingerprint density at radius 2 is 2.05 bits per heavy atom. The minimum absolute atomic E-state index is 0.00571.